The van der Waals surface area contributed by atoms with Crippen molar-refractivity contribution in [1.82, 2.24) is 25.1 Å². The van der Waals surface area contributed by atoms with E-state index in [2.05, 4.69) is 47.2 Å². The van der Waals surface area contributed by atoms with Crippen LogP contribution in [-0.4, -0.2) is 32.9 Å². The van der Waals surface area contributed by atoms with Crippen LogP contribution in [0.2, 0.25) is 0 Å². The largest absolute Gasteiger partial charge is 0.372 e. The van der Waals surface area contributed by atoms with Gasteiger partial charge in [0.15, 0.2) is 0 Å². The highest BCUT2D eigenvalue weighted by molar-refractivity contribution is 5.10. The Balaban J connectivity index is 1.56. The maximum Gasteiger partial charge on any atom is 0.133 e. The minimum atomic E-state index is -0.0122. The molecular weight excluding hydrogens is 314 g/mol. The molecule has 0 saturated carbocycles. The van der Waals surface area contributed by atoms with Crippen LogP contribution < -0.4 is 5.32 Å². The van der Waals surface area contributed by atoms with Crippen LogP contribution in [0.25, 0.3) is 0 Å². The summed E-state index contributed by atoms with van der Waals surface area (Å²) in [5.41, 5.74) is 2.26. The van der Waals surface area contributed by atoms with Gasteiger partial charge < -0.3 is 10.1 Å². The molecule has 1 saturated heterocycles. The molecule has 25 heavy (non-hydrogen) atoms. The van der Waals surface area contributed by atoms with Crippen LogP contribution in [0.5, 0.6) is 0 Å². The van der Waals surface area contributed by atoms with Gasteiger partial charge >= 0.3 is 0 Å². The predicted octanol–water partition coefficient (Wildman–Crippen LogP) is 2.77. The Morgan fingerprint density at radius 3 is 2.68 bits per heavy atom. The van der Waals surface area contributed by atoms with E-state index in [9.17, 15) is 0 Å². The van der Waals surface area contributed by atoms with Gasteiger partial charge in [0, 0.05) is 62.2 Å². The van der Waals surface area contributed by atoms with Gasteiger partial charge in [-0.25, -0.2) is 9.97 Å². The second-order valence-electron chi connectivity index (χ2n) is 7.87. The van der Waals surface area contributed by atoms with Crippen molar-refractivity contribution >= 4 is 0 Å². The molecule has 0 radical (unpaired) electrons. The lowest BCUT2D eigenvalue weighted by Crippen LogP contribution is -2.32. The summed E-state index contributed by atoms with van der Waals surface area (Å²) in [4.78, 5) is 8.99. The third kappa shape index (κ3) is 4.44. The number of hydrogen-bond acceptors (Lipinski definition) is 5. The van der Waals surface area contributed by atoms with Crippen LogP contribution in [0, 0.1) is 5.92 Å². The summed E-state index contributed by atoms with van der Waals surface area (Å²) < 4.78 is 7.96. The van der Waals surface area contributed by atoms with Gasteiger partial charge in [-0.15, -0.1) is 0 Å². The summed E-state index contributed by atoms with van der Waals surface area (Å²) in [5.74, 6) is 1.34. The van der Waals surface area contributed by atoms with Gasteiger partial charge in [-0.05, 0) is 18.9 Å². The van der Waals surface area contributed by atoms with Gasteiger partial charge in [0.25, 0.3) is 0 Å². The summed E-state index contributed by atoms with van der Waals surface area (Å²) in [7, 11) is 1.98. The molecule has 1 fully saturated rings. The van der Waals surface area contributed by atoms with Crippen molar-refractivity contribution in [3.05, 3.63) is 41.7 Å². The lowest BCUT2D eigenvalue weighted by molar-refractivity contribution is -0.0323. The van der Waals surface area contributed by atoms with Gasteiger partial charge in [-0.2, -0.15) is 5.10 Å². The highest BCUT2D eigenvalue weighted by atomic mass is 16.5. The molecule has 2 atom stereocenters. The first-order valence-electron chi connectivity index (χ1n) is 9.07. The molecular formula is C19H29N5O. The summed E-state index contributed by atoms with van der Waals surface area (Å²) in [5, 5.41) is 7.83. The lowest BCUT2D eigenvalue weighted by atomic mass is 9.92. The molecule has 0 aromatic carbocycles. The smallest absolute Gasteiger partial charge is 0.133 e. The standard InChI is InChI=1S/C19H29N5O/c1-19(2,3)18-21-11-14(12-22-18)10-20-13-15-6-5-9-25-17(15)16-7-8-23-24(16)4/h7-8,11-12,15,17,20H,5-6,9-10,13H2,1-4H3/t15-,17+/m0/s1. The van der Waals surface area contributed by atoms with E-state index in [1.807, 2.05) is 30.3 Å². The van der Waals surface area contributed by atoms with Gasteiger partial charge in [0.2, 0.25) is 0 Å². The monoisotopic (exact) mass is 343 g/mol. The van der Waals surface area contributed by atoms with E-state index < -0.39 is 0 Å². The molecule has 0 amide bonds. The van der Waals surface area contributed by atoms with E-state index in [-0.39, 0.29) is 11.5 Å². The number of aromatic nitrogens is 4. The van der Waals surface area contributed by atoms with E-state index in [1.54, 1.807) is 0 Å². The Hall–Kier alpha value is -1.79. The molecule has 6 heteroatoms. The molecule has 2 aromatic rings. The average Bonchev–Trinajstić information content (AvgIpc) is 3.01. The van der Waals surface area contributed by atoms with Crippen molar-refractivity contribution in [1.29, 1.82) is 0 Å². The van der Waals surface area contributed by atoms with E-state index in [0.717, 1.165) is 43.2 Å². The lowest BCUT2D eigenvalue weighted by Gasteiger charge is -2.32. The van der Waals surface area contributed by atoms with Crippen molar-refractivity contribution < 1.29 is 4.74 Å². The predicted molar refractivity (Wildman–Crippen MR) is 97.1 cm³/mol. The summed E-state index contributed by atoms with van der Waals surface area (Å²) >= 11 is 0. The number of nitrogens with zero attached hydrogens (tertiary/aromatic N) is 4. The van der Waals surface area contributed by atoms with Crippen molar-refractivity contribution in [2.45, 2.75) is 51.7 Å². The molecule has 0 unspecified atom stereocenters. The highest BCUT2D eigenvalue weighted by Crippen LogP contribution is 2.32. The van der Waals surface area contributed by atoms with Crippen LogP contribution in [0.3, 0.4) is 0 Å². The van der Waals surface area contributed by atoms with Crippen molar-refractivity contribution in [2.24, 2.45) is 13.0 Å². The molecule has 0 aliphatic carbocycles. The molecule has 2 aromatic heterocycles. The third-order valence-corrected chi connectivity index (χ3v) is 4.71. The Morgan fingerprint density at radius 2 is 2.04 bits per heavy atom. The molecule has 6 nitrogen and oxygen atoms in total. The van der Waals surface area contributed by atoms with Crippen molar-refractivity contribution in [2.75, 3.05) is 13.2 Å². The molecule has 3 heterocycles. The van der Waals surface area contributed by atoms with Crippen molar-refractivity contribution in [3.63, 3.8) is 0 Å². The molecule has 1 N–H and O–H groups in total. The van der Waals surface area contributed by atoms with Crippen LogP contribution >= 0.6 is 0 Å². The second-order valence-corrected chi connectivity index (χ2v) is 7.87. The number of nitrogens with one attached hydrogen (secondary N) is 1. The first-order valence-corrected chi connectivity index (χ1v) is 9.07. The molecule has 3 rings (SSSR count). The maximum atomic E-state index is 6.05. The first-order chi connectivity index (χ1) is 11.9. The highest BCUT2D eigenvalue weighted by Gasteiger charge is 2.29. The van der Waals surface area contributed by atoms with E-state index >= 15 is 0 Å². The topological polar surface area (TPSA) is 64.9 Å². The fourth-order valence-electron chi connectivity index (χ4n) is 3.28. The zero-order chi connectivity index (χ0) is 17.9. The zero-order valence-electron chi connectivity index (χ0n) is 15.7. The number of rotatable bonds is 5. The van der Waals surface area contributed by atoms with Gasteiger partial charge in [-0.1, -0.05) is 20.8 Å². The molecule has 1 aliphatic rings. The quantitative estimate of drug-likeness (QED) is 0.904. The Morgan fingerprint density at radius 1 is 1.28 bits per heavy atom. The summed E-state index contributed by atoms with van der Waals surface area (Å²) in [6.07, 6.45) is 8.10. The van der Waals surface area contributed by atoms with Gasteiger partial charge in [0.1, 0.15) is 11.9 Å². The molecule has 1 aliphatic heterocycles. The Bertz CT molecular complexity index is 674. The third-order valence-electron chi connectivity index (χ3n) is 4.71. The number of aryl methyl sites for hydroxylation is 1. The second kappa shape index (κ2) is 7.62. The molecule has 136 valence electrons. The van der Waals surface area contributed by atoms with E-state index in [4.69, 9.17) is 4.74 Å². The normalized spacial score (nSPS) is 21.4. The number of hydrogen-bond donors (Lipinski definition) is 1. The maximum absolute atomic E-state index is 6.05. The van der Waals surface area contributed by atoms with Crippen LogP contribution in [0.1, 0.15) is 56.8 Å². The average molecular weight is 343 g/mol. The summed E-state index contributed by atoms with van der Waals surface area (Å²) in [6, 6.07) is 2.06. The number of ether oxygens (including phenoxy) is 1. The first kappa shape index (κ1) is 18.0. The van der Waals surface area contributed by atoms with Crippen LogP contribution in [0.4, 0.5) is 0 Å². The van der Waals surface area contributed by atoms with Crippen LogP contribution in [-0.2, 0) is 23.7 Å². The van der Waals surface area contributed by atoms with Crippen molar-refractivity contribution in [3.8, 4) is 0 Å². The minimum Gasteiger partial charge on any atom is -0.372 e. The molecule has 0 spiro atoms. The fraction of sp³-hybridized carbons (Fsp3) is 0.632. The SMILES string of the molecule is Cn1nccc1[C@@H]1OCCC[C@H]1CNCc1cnc(C(C)(C)C)nc1. The van der Waals surface area contributed by atoms with Crippen LogP contribution in [0.15, 0.2) is 24.7 Å². The Labute approximate surface area is 150 Å². The molecule has 0 bridgehead atoms. The Kier molecular flexibility index (Phi) is 5.49. The summed E-state index contributed by atoms with van der Waals surface area (Å²) in [6.45, 7) is 8.90. The van der Waals surface area contributed by atoms with E-state index in [1.165, 1.54) is 6.42 Å². The van der Waals surface area contributed by atoms with Gasteiger partial charge in [-0.3, -0.25) is 4.68 Å². The minimum absolute atomic E-state index is 0.0122. The van der Waals surface area contributed by atoms with E-state index in [0.29, 0.717) is 5.92 Å². The van der Waals surface area contributed by atoms with Gasteiger partial charge in [0.05, 0.1) is 5.69 Å². The zero-order valence-corrected chi connectivity index (χ0v) is 15.7. The fourth-order valence-corrected chi connectivity index (χ4v) is 3.28.